The van der Waals surface area contributed by atoms with Crippen molar-refractivity contribution in [2.45, 2.75) is 33.4 Å². The summed E-state index contributed by atoms with van der Waals surface area (Å²) < 4.78 is 25.3. The number of benzene rings is 3. The maximum Gasteiger partial charge on any atom is 0.338 e. The fourth-order valence-electron chi connectivity index (χ4n) is 4.86. The van der Waals surface area contributed by atoms with E-state index in [0.717, 1.165) is 11.1 Å². The summed E-state index contributed by atoms with van der Waals surface area (Å²) in [5, 5.41) is 0.648. The average molecular weight is 698 g/mol. The molecule has 0 fully saturated rings. The van der Waals surface area contributed by atoms with Crippen LogP contribution in [0.25, 0.3) is 6.08 Å². The van der Waals surface area contributed by atoms with Gasteiger partial charge < -0.3 is 18.9 Å². The topological polar surface area (TPSA) is 88.4 Å². The first-order valence-corrected chi connectivity index (χ1v) is 15.9. The molecule has 3 aromatic carbocycles. The van der Waals surface area contributed by atoms with Crippen molar-refractivity contribution < 1.29 is 23.7 Å². The van der Waals surface area contributed by atoms with Gasteiger partial charge in [0, 0.05) is 15.1 Å². The smallest absolute Gasteiger partial charge is 0.338 e. The molecular weight excluding hydrogens is 668 g/mol. The minimum absolute atomic E-state index is 0.179. The van der Waals surface area contributed by atoms with Crippen LogP contribution in [0.15, 0.2) is 86.2 Å². The first kappa shape index (κ1) is 31.6. The van der Waals surface area contributed by atoms with Crippen molar-refractivity contribution in [1.29, 1.82) is 0 Å². The quantitative estimate of drug-likeness (QED) is 0.184. The third-order valence-corrected chi connectivity index (χ3v) is 8.96. The number of esters is 1. The Kier molecular flexibility index (Phi) is 9.93. The Bertz CT molecular complexity index is 1920. The molecule has 44 heavy (non-hydrogen) atoms. The predicted molar refractivity (Wildman–Crippen MR) is 174 cm³/mol. The molecular formula is C33H30BrClN2O6S. The van der Waals surface area contributed by atoms with Crippen molar-refractivity contribution in [1.82, 2.24) is 4.57 Å². The van der Waals surface area contributed by atoms with Gasteiger partial charge in [-0.1, -0.05) is 69.2 Å². The van der Waals surface area contributed by atoms with E-state index in [-0.39, 0.29) is 17.7 Å². The van der Waals surface area contributed by atoms with Gasteiger partial charge in [-0.3, -0.25) is 9.36 Å². The van der Waals surface area contributed by atoms with Crippen LogP contribution in [0, 0.1) is 0 Å². The summed E-state index contributed by atoms with van der Waals surface area (Å²) in [7, 11) is 1.54. The molecule has 0 bridgehead atoms. The summed E-state index contributed by atoms with van der Waals surface area (Å²) in [6.45, 7) is 6.33. The van der Waals surface area contributed by atoms with Crippen LogP contribution in [-0.4, -0.2) is 30.9 Å². The molecule has 4 aromatic rings. The van der Waals surface area contributed by atoms with Crippen LogP contribution in [0.2, 0.25) is 5.02 Å². The number of methoxy groups -OCH3 is 1. The number of carbonyl (C=O) groups excluding carboxylic acids is 1. The minimum Gasteiger partial charge on any atom is -0.493 e. The molecule has 0 aliphatic carbocycles. The van der Waals surface area contributed by atoms with Crippen molar-refractivity contribution in [3.8, 4) is 17.2 Å². The highest BCUT2D eigenvalue weighted by atomic mass is 79.9. The van der Waals surface area contributed by atoms with Gasteiger partial charge in [0.05, 0.1) is 42.2 Å². The second-order valence-electron chi connectivity index (χ2n) is 9.71. The zero-order valence-electron chi connectivity index (χ0n) is 24.6. The lowest BCUT2D eigenvalue weighted by Crippen LogP contribution is -2.40. The largest absolute Gasteiger partial charge is 0.493 e. The summed E-state index contributed by atoms with van der Waals surface area (Å²) in [4.78, 5) is 32.4. The van der Waals surface area contributed by atoms with E-state index >= 15 is 0 Å². The molecule has 0 spiro atoms. The molecule has 1 aliphatic heterocycles. The highest BCUT2D eigenvalue weighted by Gasteiger charge is 2.35. The number of hydrogen-bond acceptors (Lipinski definition) is 8. The molecule has 0 saturated carbocycles. The first-order chi connectivity index (χ1) is 21.2. The van der Waals surface area contributed by atoms with Crippen LogP contribution >= 0.6 is 38.9 Å². The number of aromatic nitrogens is 1. The number of thiazole rings is 1. The number of rotatable bonds is 10. The molecule has 0 unspecified atom stereocenters. The number of nitrogens with zero attached hydrogens (tertiary/aromatic N) is 2. The van der Waals surface area contributed by atoms with Crippen LogP contribution in [-0.2, 0) is 16.1 Å². The Morgan fingerprint density at radius 3 is 2.50 bits per heavy atom. The lowest BCUT2D eigenvalue weighted by atomic mass is 9.95. The van der Waals surface area contributed by atoms with E-state index < -0.39 is 12.0 Å². The number of halogens is 2. The van der Waals surface area contributed by atoms with Gasteiger partial charge >= 0.3 is 5.97 Å². The van der Waals surface area contributed by atoms with E-state index in [1.807, 2.05) is 55.5 Å². The van der Waals surface area contributed by atoms with E-state index in [4.69, 9.17) is 30.5 Å². The SMILES string of the molecule is CCOC(=O)C1=C(C)N=c2s/c(=C/c3ccc(OCc4ccccc4Cl)cc3)c(=O)n2[C@@H]1c1cc(OC)c(OCC)cc1Br. The number of fused-ring (bicyclic) bond motifs is 1. The highest BCUT2D eigenvalue weighted by Crippen LogP contribution is 2.41. The van der Waals surface area contributed by atoms with Crippen LogP contribution < -0.4 is 29.1 Å². The zero-order chi connectivity index (χ0) is 31.4. The normalized spacial score (nSPS) is 14.6. The van der Waals surface area contributed by atoms with Crippen molar-refractivity contribution in [2.24, 2.45) is 4.99 Å². The van der Waals surface area contributed by atoms with Crippen molar-refractivity contribution >= 4 is 50.9 Å². The summed E-state index contributed by atoms with van der Waals surface area (Å²) >= 11 is 11.1. The summed E-state index contributed by atoms with van der Waals surface area (Å²) in [5.41, 5.74) is 2.80. The van der Waals surface area contributed by atoms with Gasteiger partial charge in [0.2, 0.25) is 0 Å². The fraction of sp³-hybridized carbons (Fsp3) is 0.242. The Morgan fingerprint density at radius 1 is 1.07 bits per heavy atom. The molecule has 0 radical (unpaired) electrons. The van der Waals surface area contributed by atoms with Crippen LogP contribution in [0.4, 0.5) is 0 Å². The van der Waals surface area contributed by atoms with Crippen LogP contribution in [0.5, 0.6) is 17.2 Å². The standard InChI is InChI=1S/C33H30BrClN2O6S/c1-5-41-27-17-24(34)23(16-26(27)40-4)30-29(32(39)42-6-2)19(3)36-33-37(30)31(38)28(44-33)15-20-11-13-22(14-12-20)43-18-21-9-7-8-10-25(21)35/h7-17,30H,5-6,18H2,1-4H3/b28-15+/t30-/m1/s1. The average Bonchev–Trinajstić information content (AvgIpc) is 3.31. The fourth-order valence-corrected chi connectivity index (χ4v) is 6.64. The Balaban J connectivity index is 1.56. The number of carbonyl (C=O) groups is 1. The molecule has 0 saturated heterocycles. The van der Waals surface area contributed by atoms with Crippen molar-refractivity contribution in [3.05, 3.63) is 118 Å². The molecule has 1 aromatic heterocycles. The molecule has 1 atom stereocenters. The molecule has 2 heterocycles. The van der Waals surface area contributed by atoms with Crippen LogP contribution in [0.1, 0.15) is 43.5 Å². The monoisotopic (exact) mass is 696 g/mol. The van der Waals surface area contributed by atoms with Gasteiger partial charge in [0.25, 0.3) is 5.56 Å². The molecule has 228 valence electrons. The van der Waals surface area contributed by atoms with E-state index in [1.54, 1.807) is 39.2 Å². The molecule has 0 N–H and O–H groups in total. The lowest BCUT2D eigenvalue weighted by molar-refractivity contribution is -0.139. The zero-order valence-corrected chi connectivity index (χ0v) is 27.7. The second kappa shape index (κ2) is 13.8. The van der Waals surface area contributed by atoms with Crippen molar-refractivity contribution in [3.63, 3.8) is 0 Å². The number of allylic oxidation sites excluding steroid dienone is 1. The molecule has 1 aliphatic rings. The second-order valence-corrected chi connectivity index (χ2v) is 12.0. The summed E-state index contributed by atoms with van der Waals surface area (Å²) in [6, 6.07) is 17.7. The third-order valence-electron chi connectivity index (χ3n) is 6.92. The highest BCUT2D eigenvalue weighted by molar-refractivity contribution is 9.10. The molecule has 8 nitrogen and oxygen atoms in total. The van der Waals surface area contributed by atoms with Gasteiger partial charge in [0.1, 0.15) is 12.4 Å². The van der Waals surface area contributed by atoms with Crippen LogP contribution in [0.3, 0.4) is 0 Å². The summed E-state index contributed by atoms with van der Waals surface area (Å²) in [6.07, 6.45) is 1.80. The Hall–Kier alpha value is -3.86. The van der Waals surface area contributed by atoms with Gasteiger partial charge in [-0.25, -0.2) is 9.79 Å². The number of ether oxygens (including phenoxy) is 4. The van der Waals surface area contributed by atoms with E-state index in [0.29, 0.717) is 60.6 Å². The van der Waals surface area contributed by atoms with Crippen molar-refractivity contribution in [2.75, 3.05) is 20.3 Å². The third kappa shape index (κ3) is 6.47. The first-order valence-electron chi connectivity index (χ1n) is 13.9. The maximum absolute atomic E-state index is 14.0. The number of hydrogen-bond donors (Lipinski definition) is 0. The lowest BCUT2D eigenvalue weighted by Gasteiger charge is -2.26. The van der Waals surface area contributed by atoms with Gasteiger partial charge in [-0.05, 0) is 68.3 Å². The summed E-state index contributed by atoms with van der Waals surface area (Å²) in [5.74, 6) is 1.14. The minimum atomic E-state index is -0.813. The van der Waals surface area contributed by atoms with E-state index in [2.05, 4.69) is 20.9 Å². The molecule has 11 heteroatoms. The molecule has 0 amide bonds. The Labute approximate surface area is 272 Å². The predicted octanol–water partition coefficient (Wildman–Crippen LogP) is 6.20. The maximum atomic E-state index is 14.0. The van der Waals surface area contributed by atoms with E-state index in [1.165, 1.54) is 15.9 Å². The van der Waals surface area contributed by atoms with Gasteiger partial charge in [-0.2, -0.15) is 0 Å². The Morgan fingerprint density at radius 2 is 1.82 bits per heavy atom. The van der Waals surface area contributed by atoms with Gasteiger partial charge in [-0.15, -0.1) is 0 Å². The van der Waals surface area contributed by atoms with E-state index in [9.17, 15) is 9.59 Å². The molecule has 5 rings (SSSR count). The van der Waals surface area contributed by atoms with Gasteiger partial charge in [0.15, 0.2) is 16.3 Å².